The number of carbonyl (C=O) groups excluding carboxylic acids is 1. The van der Waals surface area contributed by atoms with E-state index in [9.17, 15) is 4.79 Å². The predicted octanol–water partition coefficient (Wildman–Crippen LogP) is 5.09. The highest BCUT2D eigenvalue weighted by atomic mass is 16.2. The first kappa shape index (κ1) is 24.8. The maximum absolute atomic E-state index is 13.0. The second-order valence-electron chi connectivity index (χ2n) is 9.43. The zero-order chi connectivity index (χ0) is 25.5. The van der Waals surface area contributed by atoms with Crippen LogP contribution in [-0.4, -0.2) is 49.7 Å². The lowest BCUT2D eigenvalue weighted by atomic mass is 9.97. The van der Waals surface area contributed by atoms with Crippen LogP contribution in [0.5, 0.6) is 0 Å². The molecule has 0 saturated carbocycles. The van der Waals surface area contributed by atoms with E-state index >= 15 is 0 Å². The third-order valence-corrected chi connectivity index (χ3v) is 5.41. The Morgan fingerprint density at radius 3 is 2.28 bits per heavy atom. The van der Waals surface area contributed by atoms with Crippen LogP contribution in [-0.2, 0) is 0 Å². The summed E-state index contributed by atoms with van der Waals surface area (Å²) in [5, 5.41) is 20.2. The number of carbonyl (C=O) groups is 1. The quantitative estimate of drug-likeness (QED) is 0.302. The standard InChI is InChI=1S/C26H31N9O/c1-17(2)14-35(15-18(3)4)24-10-9-19(21-7-5-6-8-22(21)25-31-33-34-32-25)11-23(24)30-26(36)29-20-12-27-16-28-13-20/h5-13,16-18H,14-15H2,1-4H3,(H2,29,30,36)(H,31,32,33,34). The SMILES string of the molecule is CC(C)CN(CC(C)C)c1ccc(-c2ccccc2-c2nnn[nH]2)cc1NC(=O)Nc1cncnc1. The average molecular weight is 486 g/mol. The van der Waals surface area contributed by atoms with Crippen LogP contribution in [0.25, 0.3) is 22.5 Å². The summed E-state index contributed by atoms with van der Waals surface area (Å²) in [5.41, 5.74) is 4.92. The third-order valence-electron chi connectivity index (χ3n) is 5.41. The summed E-state index contributed by atoms with van der Waals surface area (Å²) in [7, 11) is 0. The van der Waals surface area contributed by atoms with Crippen molar-refractivity contribution < 1.29 is 4.79 Å². The van der Waals surface area contributed by atoms with Crippen molar-refractivity contribution in [1.29, 1.82) is 0 Å². The van der Waals surface area contributed by atoms with Crippen molar-refractivity contribution in [3.63, 3.8) is 0 Å². The van der Waals surface area contributed by atoms with Crippen LogP contribution >= 0.6 is 0 Å². The molecule has 0 spiro atoms. The number of nitrogens with zero attached hydrogens (tertiary/aromatic N) is 6. The first-order valence-electron chi connectivity index (χ1n) is 12.0. The van der Waals surface area contributed by atoms with Crippen molar-refractivity contribution in [2.75, 3.05) is 28.6 Å². The molecule has 2 heterocycles. The van der Waals surface area contributed by atoms with Gasteiger partial charge in [0.05, 0.1) is 29.5 Å². The molecule has 36 heavy (non-hydrogen) atoms. The normalized spacial score (nSPS) is 11.1. The summed E-state index contributed by atoms with van der Waals surface area (Å²) in [4.78, 5) is 23.2. The van der Waals surface area contributed by atoms with Gasteiger partial charge in [0, 0.05) is 18.7 Å². The summed E-state index contributed by atoms with van der Waals surface area (Å²) in [5.74, 6) is 1.48. The zero-order valence-corrected chi connectivity index (χ0v) is 20.9. The highest BCUT2D eigenvalue weighted by Crippen LogP contribution is 2.36. The number of rotatable bonds is 9. The number of aromatic amines is 1. The lowest BCUT2D eigenvalue weighted by Gasteiger charge is -2.31. The zero-order valence-electron chi connectivity index (χ0n) is 20.9. The fourth-order valence-electron chi connectivity index (χ4n) is 4.10. The van der Waals surface area contributed by atoms with Crippen molar-refractivity contribution in [2.45, 2.75) is 27.7 Å². The Balaban J connectivity index is 1.75. The van der Waals surface area contributed by atoms with E-state index < -0.39 is 0 Å². The van der Waals surface area contributed by atoms with Crippen LogP contribution in [0.1, 0.15) is 27.7 Å². The van der Waals surface area contributed by atoms with Crippen LogP contribution in [0.2, 0.25) is 0 Å². The van der Waals surface area contributed by atoms with Gasteiger partial charge in [-0.25, -0.2) is 19.9 Å². The fraction of sp³-hybridized carbons (Fsp3) is 0.308. The minimum absolute atomic E-state index is 0.370. The molecular formula is C26H31N9O. The molecule has 0 aliphatic heterocycles. The number of H-pyrrole nitrogens is 1. The summed E-state index contributed by atoms with van der Waals surface area (Å²) < 4.78 is 0. The van der Waals surface area contributed by atoms with Gasteiger partial charge in [-0.05, 0) is 45.5 Å². The number of tetrazole rings is 1. The summed E-state index contributed by atoms with van der Waals surface area (Å²) >= 11 is 0. The van der Waals surface area contributed by atoms with E-state index in [0.29, 0.717) is 29.0 Å². The van der Waals surface area contributed by atoms with Crippen LogP contribution in [0, 0.1) is 11.8 Å². The van der Waals surface area contributed by atoms with Crippen molar-refractivity contribution in [2.24, 2.45) is 11.8 Å². The van der Waals surface area contributed by atoms with Crippen LogP contribution < -0.4 is 15.5 Å². The lowest BCUT2D eigenvalue weighted by molar-refractivity contribution is 0.262. The van der Waals surface area contributed by atoms with E-state index in [2.05, 4.69) is 86.0 Å². The average Bonchev–Trinajstić information content (AvgIpc) is 3.38. The maximum atomic E-state index is 13.0. The van der Waals surface area contributed by atoms with E-state index in [1.165, 1.54) is 6.33 Å². The Morgan fingerprint density at radius 2 is 1.64 bits per heavy atom. The van der Waals surface area contributed by atoms with Gasteiger partial charge in [-0.1, -0.05) is 58.0 Å². The number of hydrogen-bond acceptors (Lipinski definition) is 7. The van der Waals surface area contributed by atoms with Gasteiger partial charge in [-0.15, -0.1) is 5.10 Å². The predicted molar refractivity (Wildman–Crippen MR) is 142 cm³/mol. The minimum atomic E-state index is -0.370. The molecule has 0 unspecified atom stereocenters. The number of aromatic nitrogens is 6. The molecular weight excluding hydrogens is 454 g/mol. The van der Waals surface area contributed by atoms with Gasteiger partial charge >= 0.3 is 6.03 Å². The molecule has 10 heteroatoms. The third kappa shape index (κ3) is 6.21. The summed E-state index contributed by atoms with van der Waals surface area (Å²) in [6.07, 6.45) is 4.52. The molecule has 0 fully saturated rings. The molecule has 10 nitrogen and oxygen atoms in total. The Morgan fingerprint density at radius 1 is 0.944 bits per heavy atom. The second-order valence-corrected chi connectivity index (χ2v) is 9.43. The van der Waals surface area contributed by atoms with Crippen LogP contribution in [0.4, 0.5) is 21.9 Å². The lowest BCUT2D eigenvalue weighted by Crippen LogP contribution is -2.32. The van der Waals surface area contributed by atoms with Crippen molar-refractivity contribution >= 4 is 23.1 Å². The minimum Gasteiger partial charge on any atom is -0.369 e. The highest BCUT2D eigenvalue weighted by Gasteiger charge is 2.18. The molecule has 0 atom stereocenters. The van der Waals surface area contributed by atoms with Crippen molar-refractivity contribution in [1.82, 2.24) is 30.6 Å². The molecule has 2 aromatic carbocycles. The topological polar surface area (TPSA) is 125 Å². The molecule has 4 aromatic rings. The number of benzene rings is 2. The van der Waals surface area contributed by atoms with Crippen molar-refractivity contribution in [3.05, 3.63) is 61.2 Å². The molecule has 3 N–H and O–H groups in total. The number of urea groups is 1. The van der Waals surface area contributed by atoms with E-state index in [1.54, 1.807) is 12.4 Å². The van der Waals surface area contributed by atoms with Gasteiger partial charge in [0.25, 0.3) is 0 Å². The number of hydrogen-bond donors (Lipinski definition) is 3. The number of anilines is 3. The maximum Gasteiger partial charge on any atom is 0.323 e. The van der Waals surface area contributed by atoms with E-state index in [0.717, 1.165) is 35.5 Å². The van der Waals surface area contributed by atoms with Gasteiger partial charge in [0.2, 0.25) is 0 Å². The molecule has 0 bridgehead atoms. The Bertz CT molecular complexity index is 1260. The Kier molecular flexibility index (Phi) is 7.84. The smallest absolute Gasteiger partial charge is 0.323 e. The molecule has 2 amide bonds. The van der Waals surface area contributed by atoms with Gasteiger partial charge < -0.3 is 15.5 Å². The fourth-order valence-corrected chi connectivity index (χ4v) is 4.10. The monoisotopic (exact) mass is 485 g/mol. The summed E-state index contributed by atoms with van der Waals surface area (Å²) in [6.45, 7) is 10.5. The molecule has 4 rings (SSSR count). The molecule has 0 saturated heterocycles. The summed E-state index contributed by atoms with van der Waals surface area (Å²) in [6, 6.07) is 13.6. The molecule has 186 valence electrons. The first-order chi connectivity index (χ1) is 17.4. The number of nitrogens with one attached hydrogen (secondary N) is 3. The first-order valence-corrected chi connectivity index (χ1v) is 12.0. The van der Waals surface area contributed by atoms with E-state index in [1.807, 2.05) is 30.3 Å². The highest BCUT2D eigenvalue weighted by molar-refractivity contribution is 6.02. The van der Waals surface area contributed by atoms with E-state index in [-0.39, 0.29) is 6.03 Å². The second kappa shape index (κ2) is 11.4. The molecule has 0 aliphatic carbocycles. The molecule has 0 aliphatic rings. The van der Waals surface area contributed by atoms with Gasteiger partial charge in [-0.3, -0.25) is 0 Å². The van der Waals surface area contributed by atoms with E-state index in [4.69, 9.17) is 0 Å². The van der Waals surface area contributed by atoms with Gasteiger partial charge in [0.15, 0.2) is 5.82 Å². The van der Waals surface area contributed by atoms with Gasteiger partial charge in [0.1, 0.15) is 6.33 Å². The van der Waals surface area contributed by atoms with Crippen LogP contribution in [0.3, 0.4) is 0 Å². The Labute approximate surface area is 210 Å². The molecule has 0 radical (unpaired) electrons. The largest absolute Gasteiger partial charge is 0.369 e. The number of amides is 2. The van der Waals surface area contributed by atoms with Crippen molar-refractivity contribution in [3.8, 4) is 22.5 Å². The Hall–Kier alpha value is -4.34. The molecule has 2 aromatic heterocycles. The van der Waals surface area contributed by atoms with Gasteiger partial charge in [-0.2, -0.15) is 0 Å². The van der Waals surface area contributed by atoms with Crippen LogP contribution in [0.15, 0.2) is 61.2 Å².